The van der Waals surface area contributed by atoms with Gasteiger partial charge in [0.25, 0.3) is 0 Å². The molecule has 0 radical (unpaired) electrons. The Morgan fingerprint density at radius 1 is 0.800 bits per heavy atom. The number of benzene rings is 3. The highest BCUT2D eigenvalue weighted by Gasteiger charge is 2.33. The summed E-state index contributed by atoms with van der Waals surface area (Å²) in [5.41, 5.74) is 5.95. The number of nitrogens with zero attached hydrogens (tertiary/aromatic N) is 1. The van der Waals surface area contributed by atoms with Gasteiger partial charge in [-0.25, -0.2) is 0 Å². The molecule has 5 rings (SSSR count). The predicted molar refractivity (Wildman–Crippen MR) is 173 cm³/mol. The van der Waals surface area contributed by atoms with Crippen molar-refractivity contribution >= 4 is 11.9 Å². The van der Waals surface area contributed by atoms with Crippen LogP contribution in [0.4, 0.5) is 0 Å². The zero-order chi connectivity index (χ0) is 31.4. The summed E-state index contributed by atoms with van der Waals surface area (Å²) in [4.78, 5) is 25.5. The number of rotatable bonds is 12. The van der Waals surface area contributed by atoms with Crippen molar-refractivity contribution in [1.82, 2.24) is 10.2 Å². The van der Waals surface area contributed by atoms with E-state index in [0.29, 0.717) is 13.0 Å². The molecule has 2 aliphatic heterocycles. The molecule has 3 N–H and O–H groups in total. The molecule has 3 aromatic rings. The lowest BCUT2D eigenvalue weighted by molar-refractivity contribution is -0.253. The van der Waals surface area contributed by atoms with Crippen LogP contribution >= 0.6 is 0 Å². The summed E-state index contributed by atoms with van der Waals surface area (Å²) < 4.78 is 13.3. The molecule has 0 spiro atoms. The minimum atomic E-state index is -0.891. The topological polar surface area (TPSA) is 108 Å². The highest BCUT2D eigenvalue weighted by atomic mass is 16.7. The van der Waals surface area contributed by atoms with Crippen molar-refractivity contribution in [3.8, 4) is 11.1 Å². The lowest BCUT2D eigenvalue weighted by Gasteiger charge is -2.39. The second-order valence-corrected chi connectivity index (χ2v) is 12.3. The molecule has 1 amide bonds. The van der Waals surface area contributed by atoms with E-state index in [2.05, 4.69) is 52.7 Å². The minimum Gasteiger partial charge on any atom is -0.481 e. The first kappa shape index (κ1) is 32.8. The van der Waals surface area contributed by atoms with E-state index in [1.54, 1.807) is 0 Å². The van der Waals surface area contributed by atoms with Gasteiger partial charge in [-0.05, 0) is 72.3 Å². The Labute approximate surface area is 266 Å². The van der Waals surface area contributed by atoms with E-state index in [4.69, 9.17) is 14.6 Å². The third-order valence-electron chi connectivity index (χ3n) is 8.73. The van der Waals surface area contributed by atoms with Gasteiger partial charge in [0.1, 0.15) is 0 Å². The van der Waals surface area contributed by atoms with Crippen LogP contribution in [0, 0.1) is 0 Å². The SMILES string of the molecule is O=C(O)CCCC(=O)NCc1cccc(-c2cccc([C@@H]3O[C@H](CN4CCCCCCC4)C[C@H](c4ccc(CO)cc4)O3)c2)c1. The Morgan fingerprint density at radius 2 is 1.51 bits per heavy atom. The van der Waals surface area contributed by atoms with Crippen molar-refractivity contribution in [3.05, 3.63) is 95.1 Å². The van der Waals surface area contributed by atoms with Crippen LogP contribution in [0.1, 0.15) is 92.4 Å². The number of carbonyl (C=O) groups is 2. The molecule has 0 aliphatic carbocycles. The maximum atomic E-state index is 12.2. The average Bonchev–Trinajstić information content (AvgIpc) is 3.05. The highest BCUT2D eigenvalue weighted by molar-refractivity contribution is 5.76. The van der Waals surface area contributed by atoms with Crippen molar-refractivity contribution in [2.45, 2.75) is 89.4 Å². The van der Waals surface area contributed by atoms with Crippen LogP contribution in [-0.4, -0.2) is 52.7 Å². The fraction of sp³-hybridized carbons (Fsp3) is 0.459. The first-order valence-electron chi connectivity index (χ1n) is 16.4. The molecule has 2 fully saturated rings. The number of hydrogen-bond donors (Lipinski definition) is 3. The lowest BCUT2D eigenvalue weighted by Crippen LogP contribution is -2.40. The Hall–Kier alpha value is -3.56. The molecule has 8 nitrogen and oxygen atoms in total. The molecule has 240 valence electrons. The van der Waals surface area contributed by atoms with Crippen molar-refractivity contribution < 1.29 is 29.3 Å². The van der Waals surface area contributed by atoms with Crippen LogP contribution in [0.3, 0.4) is 0 Å². The molecular weight excluding hydrogens is 568 g/mol. The van der Waals surface area contributed by atoms with Gasteiger partial charge in [0.15, 0.2) is 6.29 Å². The third kappa shape index (κ3) is 9.96. The molecule has 0 saturated carbocycles. The van der Waals surface area contributed by atoms with E-state index in [1.807, 2.05) is 30.3 Å². The summed E-state index contributed by atoms with van der Waals surface area (Å²) in [6.07, 6.45) is 7.04. The first-order chi connectivity index (χ1) is 22.0. The summed E-state index contributed by atoms with van der Waals surface area (Å²) in [6, 6.07) is 24.4. The largest absolute Gasteiger partial charge is 0.481 e. The minimum absolute atomic E-state index is 0.0105. The van der Waals surface area contributed by atoms with Gasteiger partial charge in [-0.3, -0.25) is 9.59 Å². The van der Waals surface area contributed by atoms with Crippen LogP contribution in [0.15, 0.2) is 72.8 Å². The quantitative estimate of drug-likeness (QED) is 0.213. The highest BCUT2D eigenvalue weighted by Crippen LogP contribution is 2.39. The number of likely N-dealkylation sites (tertiary alicyclic amines) is 1. The number of nitrogens with one attached hydrogen (secondary N) is 1. The van der Waals surface area contributed by atoms with Gasteiger partial charge in [0.05, 0.1) is 18.8 Å². The maximum absolute atomic E-state index is 12.2. The van der Waals surface area contributed by atoms with E-state index in [1.165, 1.54) is 32.1 Å². The molecule has 3 atom stereocenters. The fourth-order valence-corrected chi connectivity index (χ4v) is 6.23. The summed E-state index contributed by atoms with van der Waals surface area (Å²) in [6.45, 7) is 3.49. The van der Waals surface area contributed by atoms with E-state index in [9.17, 15) is 14.7 Å². The first-order valence-corrected chi connectivity index (χ1v) is 16.4. The average molecular weight is 615 g/mol. The standard InChI is InChI=1S/C37H46N2O6/c40-26-27-15-17-29(18-16-27)34-23-33(25-39-19-4-2-1-3-5-20-39)44-37(45-34)32-12-7-11-31(22-32)30-10-6-9-28(21-30)24-38-35(41)13-8-14-36(42)43/h6-7,9-12,15-18,21-22,33-34,37,40H,1-5,8,13-14,19-20,23-26H2,(H,38,41)(H,42,43)/t33-,34+,37+/m0/s1. The van der Waals surface area contributed by atoms with Crippen LogP contribution in [0.25, 0.3) is 11.1 Å². The number of carbonyl (C=O) groups excluding carboxylic acids is 1. The second-order valence-electron chi connectivity index (χ2n) is 12.3. The van der Waals surface area contributed by atoms with Crippen molar-refractivity contribution in [3.63, 3.8) is 0 Å². The molecular formula is C37H46N2O6. The van der Waals surface area contributed by atoms with E-state index < -0.39 is 12.3 Å². The molecule has 45 heavy (non-hydrogen) atoms. The van der Waals surface area contributed by atoms with Gasteiger partial charge >= 0.3 is 5.97 Å². The molecule has 3 aromatic carbocycles. The molecule has 2 saturated heterocycles. The van der Waals surface area contributed by atoms with Crippen LogP contribution in [0.5, 0.6) is 0 Å². The number of ether oxygens (including phenoxy) is 2. The Morgan fingerprint density at radius 3 is 2.24 bits per heavy atom. The predicted octanol–water partition coefficient (Wildman–Crippen LogP) is 6.53. The Kier molecular flexibility index (Phi) is 12.2. The van der Waals surface area contributed by atoms with Gasteiger partial charge in [-0.15, -0.1) is 0 Å². The van der Waals surface area contributed by atoms with E-state index in [0.717, 1.165) is 59.4 Å². The van der Waals surface area contributed by atoms with Gasteiger partial charge in [0, 0.05) is 37.9 Å². The molecule has 0 unspecified atom stereocenters. The number of aliphatic hydroxyl groups excluding tert-OH is 1. The van der Waals surface area contributed by atoms with Gasteiger partial charge in [-0.2, -0.15) is 0 Å². The number of carboxylic acids is 1. The summed E-state index contributed by atoms with van der Waals surface area (Å²) in [7, 11) is 0. The number of hydrogen-bond acceptors (Lipinski definition) is 6. The number of amides is 1. The maximum Gasteiger partial charge on any atom is 0.303 e. The zero-order valence-electron chi connectivity index (χ0n) is 26.0. The normalized spacial score (nSPS) is 21.0. The Bertz CT molecular complexity index is 1390. The van der Waals surface area contributed by atoms with Crippen molar-refractivity contribution in [2.75, 3.05) is 19.6 Å². The van der Waals surface area contributed by atoms with Crippen LogP contribution < -0.4 is 5.32 Å². The molecule has 2 heterocycles. The monoisotopic (exact) mass is 614 g/mol. The second kappa shape index (κ2) is 16.7. The molecule has 0 aromatic heterocycles. The van der Waals surface area contributed by atoms with Crippen LogP contribution in [-0.2, 0) is 32.2 Å². The van der Waals surface area contributed by atoms with Gasteiger partial charge < -0.3 is 29.9 Å². The van der Waals surface area contributed by atoms with Crippen LogP contribution in [0.2, 0.25) is 0 Å². The van der Waals surface area contributed by atoms with Crippen molar-refractivity contribution in [1.29, 1.82) is 0 Å². The Balaban J connectivity index is 1.30. The molecule has 0 bridgehead atoms. The number of carboxylic acid groups (broad SMARTS) is 1. The zero-order valence-corrected chi connectivity index (χ0v) is 26.0. The summed E-state index contributed by atoms with van der Waals surface area (Å²) in [5, 5.41) is 21.2. The number of aliphatic carboxylic acids is 1. The van der Waals surface area contributed by atoms with E-state index in [-0.39, 0.29) is 37.6 Å². The smallest absolute Gasteiger partial charge is 0.303 e. The van der Waals surface area contributed by atoms with E-state index >= 15 is 0 Å². The number of aliphatic hydroxyl groups is 1. The van der Waals surface area contributed by atoms with Gasteiger partial charge in [-0.1, -0.05) is 79.9 Å². The van der Waals surface area contributed by atoms with Crippen molar-refractivity contribution in [2.24, 2.45) is 0 Å². The lowest BCUT2D eigenvalue weighted by atomic mass is 9.98. The molecule has 8 heteroatoms. The van der Waals surface area contributed by atoms with Gasteiger partial charge in [0.2, 0.25) is 5.91 Å². The molecule has 2 aliphatic rings. The fourth-order valence-electron chi connectivity index (χ4n) is 6.23. The summed E-state index contributed by atoms with van der Waals surface area (Å²) in [5.74, 6) is -1.04. The summed E-state index contributed by atoms with van der Waals surface area (Å²) >= 11 is 0. The third-order valence-corrected chi connectivity index (χ3v) is 8.73.